The molecule has 2 heterocycles. The Morgan fingerprint density at radius 2 is 1.63 bits per heavy atom. The average molecular weight is 451 g/mol. The van der Waals surface area contributed by atoms with Gasteiger partial charge >= 0.3 is 0 Å². The SMILES string of the molecule is Cl.Cl.N[C@@H]1CN(CC(=O)NCC2CCN(c3ccccc3)C2)C[C@H]1c1ccccc1. The van der Waals surface area contributed by atoms with Gasteiger partial charge in [-0.25, -0.2) is 0 Å². The number of amides is 1. The zero-order chi connectivity index (χ0) is 19.3. The lowest BCUT2D eigenvalue weighted by Gasteiger charge is -2.19. The van der Waals surface area contributed by atoms with Gasteiger partial charge in [-0.05, 0) is 30.0 Å². The van der Waals surface area contributed by atoms with Crippen molar-refractivity contribution in [3.8, 4) is 0 Å². The molecule has 1 unspecified atom stereocenters. The number of hydrogen-bond acceptors (Lipinski definition) is 4. The fraction of sp³-hybridized carbons (Fsp3) is 0.435. The molecule has 0 saturated carbocycles. The number of nitrogens with two attached hydrogens (primary N) is 1. The van der Waals surface area contributed by atoms with Crippen molar-refractivity contribution in [2.45, 2.75) is 18.4 Å². The molecule has 2 aromatic carbocycles. The summed E-state index contributed by atoms with van der Waals surface area (Å²) in [7, 11) is 0. The topological polar surface area (TPSA) is 61.6 Å². The van der Waals surface area contributed by atoms with E-state index in [0.717, 1.165) is 39.1 Å². The van der Waals surface area contributed by atoms with Crippen molar-refractivity contribution >= 4 is 36.4 Å². The van der Waals surface area contributed by atoms with Gasteiger partial charge in [0.25, 0.3) is 0 Å². The Morgan fingerprint density at radius 3 is 2.33 bits per heavy atom. The summed E-state index contributed by atoms with van der Waals surface area (Å²) in [4.78, 5) is 17.0. The van der Waals surface area contributed by atoms with Crippen LogP contribution in [-0.4, -0.2) is 56.1 Å². The maximum absolute atomic E-state index is 12.4. The highest BCUT2D eigenvalue weighted by Crippen LogP contribution is 2.26. The van der Waals surface area contributed by atoms with E-state index in [1.807, 2.05) is 12.1 Å². The largest absolute Gasteiger partial charge is 0.371 e. The van der Waals surface area contributed by atoms with Crippen LogP contribution in [0.4, 0.5) is 5.69 Å². The number of para-hydroxylation sites is 1. The Bertz CT molecular complexity index is 777. The highest BCUT2D eigenvalue weighted by atomic mass is 35.5. The predicted molar refractivity (Wildman–Crippen MR) is 128 cm³/mol. The molecule has 0 bridgehead atoms. The Balaban J connectivity index is 0.00000160. The molecule has 0 radical (unpaired) electrons. The summed E-state index contributed by atoms with van der Waals surface area (Å²) in [5.74, 6) is 0.935. The van der Waals surface area contributed by atoms with E-state index in [4.69, 9.17) is 5.73 Å². The van der Waals surface area contributed by atoms with Gasteiger partial charge in [0.2, 0.25) is 5.91 Å². The summed E-state index contributed by atoms with van der Waals surface area (Å²) in [6.07, 6.45) is 1.12. The molecule has 30 heavy (non-hydrogen) atoms. The van der Waals surface area contributed by atoms with Crippen LogP contribution in [0.25, 0.3) is 0 Å². The number of carbonyl (C=O) groups excluding carboxylic acids is 1. The van der Waals surface area contributed by atoms with E-state index >= 15 is 0 Å². The molecule has 2 fully saturated rings. The number of halogens is 2. The number of nitrogens with one attached hydrogen (secondary N) is 1. The maximum Gasteiger partial charge on any atom is 0.234 e. The van der Waals surface area contributed by atoms with Gasteiger partial charge in [0.1, 0.15) is 0 Å². The van der Waals surface area contributed by atoms with Gasteiger partial charge in [0.05, 0.1) is 6.54 Å². The van der Waals surface area contributed by atoms with Crippen molar-refractivity contribution in [1.29, 1.82) is 0 Å². The van der Waals surface area contributed by atoms with E-state index in [1.54, 1.807) is 0 Å². The molecule has 4 rings (SSSR count). The van der Waals surface area contributed by atoms with Gasteiger partial charge in [0, 0.05) is 50.4 Å². The quantitative estimate of drug-likeness (QED) is 0.709. The molecule has 164 valence electrons. The van der Waals surface area contributed by atoms with E-state index in [0.29, 0.717) is 18.4 Å². The molecular formula is C23H32Cl2N4O. The molecular weight excluding hydrogens is 419 g/mol. The van der Waals surface area contributed by atoms with Crippen molar-refractivity contribution in [3.63, 3.8) is 0 Å². The van der Waals surface area contributed by atoms with Gasteiger partial charge in [-0.15, -0.1) is 24.8 Å². The van der Waals surface area contributed by atoms with Gasteiger partial charge in [0.15, 0.2) is 0 Å². The molecule has 7 heteroatoms. The lowest BCUT2D eigenvalue weighted by Crippen LogP contribution is -2.39. The zero-order valence-electron chi connectivity index (χ0n) is 17.2. The molecule has 2 aliphatic rings. The second-order valence-corrected chi connectivity index (χ2v) is 8.12. The van der Waals surface area contributed by atoms with Crippen LogP contribution in [0.15, 0.2) is 60.7 Å². The molecule has 2 saturated heterocycles. The van der Waals surface area contributed by atoms with Gasteiger partial charge in [-0.1, -0.05) is 48.5 Å². The molecule has 0 spiro atoms. The van der Waals surface area contributed by atoms with Gasteiger partial charge in [-0.3, -0.25) is 9.69 Å². The van der Waals surface area contributed by atoms with E-state index in [2.05, 4.69) is 63.6 Å². The second-order valence-electron chi connectivity index (χ2n) is 8.12. The van der Waals surface area contributed by atoms with Crippen LogP contribution in [0.3, 0.4) is 0 Å². The highest BCUT2D eigenvalue weighted by Gasteiger charge is 2.32. The third kappa shape index (κ3) is 6.11. The van der Waals surface area contributed by atoms with Crippen LogP contribution in [0.5, 0.6) is 0 Å². The number of benzene rings is 2. The first-order valence-corrected chi connectivity index (χ1v) is 10.3. The second kappa shape index (κ2) is 11.6. The normalized spacial score (nSPS) is 23.5. The maximum atomic E-state index is 12.4. The molecule has 5 nitrogen and oxygen atoms in total. The summed E-state index contributed by atoms with van der Waals surface area (Å²) < 4.78 is 0. The third-order valence-electron chi connectivity index (χ3n) is 6.03. The van der Waals surface area contributed by atoms with Crippen LogP contribution in [0, 0.1) is 5.92 Å². The minimum absolute atomic E-state index is 0. The van der Waals surface area contributed by atoms with Crippen molar-refractivity contribution < 1.29 is 4.79 Å². The zero-order valence-corrected chi connectivity index (χ0v) is 18.8. The summed E-state index contributed by atoms with van der Waals surface area (Å²) in [6.45, 7) is 4.89. The van der Waals surface area contributed by atoms with Crippen LogP contribution in [-0.2, 0) is 4.79 Å². The fourth-order valence-corrected chi connectivity index (χ4v) is 4.49. The van der Waals surface area contributed by atoms with Crippen molar-refractivity contribution in [2.24, 2.45) is 11.7 Å². The number of hydrogen-bond donors (Lipinski definition) is 2. The van der Waals surface area contributed by atoms with Gasteiger partial charge in [-0.2, -0.15) is 0 Å². The number of carbonyl (C=O) groups is 1. The molecule has 3 N–H and O–H groups in total. The Hall–Kier alpha value is -1.79. The lowest BCUT2D eigenvalue weighted by molar-refractivity contribution is -0.122. The first-order valence-electron chi connectivity index (χ1n) is 10.3. The molecule has 2 aromatic rings. The van der Waals surface area contributed by atoms with Crippen molar-refractivity contribution in [1.82, 2.24) is 10.2 Å². The summed E-state index contributed by atoms with van der Waals surface area (Å²) in [5, 5.41) is 3.14. The minimum Gasteiger partial charge on any atom is -0.371 e. The number of nitrogens with zero attached hydrogens (tertiary/aromatic N) is 2. The first kappa shape index (κ1) is 24.5. The molecule has 2 aliphatic heterocycles. The van der Waals surface area contributed by atoms with E-state index in [1.165, 1.54) is 11.3 Å². The monoisotopic (exact) mass is 450 g/mol. The Labute approximate surface area is 191 Å². The standard InChI is InChI=1S/C23H30N4O.2ClH/c24-22-16-26(15-21(22)19-7-3-1-4-8-19)17-23(28)25-13-18-11-12-27(14-18)20-9-5-2-6-10-20;;/h1-10,18,21-22H,11-17,24H2,(H,25,28);2*1H/t18?,21-,22+;;/m0../s1. The highest BCUT2D eigenvalue weighted by molar-refractivity contribution is 5.85. The summed E-state index contributed by atoms with van der Waals surface area (Å²) in [6, 6.07) is 21.0. The van der Waals surface area contributed by atoms with E-state index in [-0.39, 0.29) is 36.8 Å². The van der Waals surface area contributed by atoms with Crippen LogP contribution >= 0.6 is 24.8 Å². The molecule has 0 aromatic heterocycles. The first-order chi connectivity index (χ1) is 13.7. The minimum atomic E-state index is 0. The molecule has 1 amide bonds. The predicted octanol–water partition coefficient (Wildman–Crippen LogP) is 2.90. The third-order valence-corrected chi connectivity index (χ3v) is 6.03. The van der Waals surface area contributed by atoms with Crippen LogP contribution < -0.4 is 16.0 Å². The Morgan fingerprint density at radius 1 is 0.967 bits per heavy atom. The van der Waals surface area contributed by atoms with Crippen molar-refractivity contribution in [2.75, 3.05) is 44.2 Å². The smallest absolute Gasteiger partial charge is 0.234 e. The average Bonchev–Trinajstić information content (AvgIpc) is 3.34. The van der Waals surface area contributed by atoms with E-state index in [9.17, 15) is 4.79 Å². The fourth-order valence-electron chi connectivity index (χ4n) is 4.49. The molecule has 3 atom stereocenters. The van der Waals surface area contributed by atoms with Crippen molar-refractivity contribution in [3.05, 3.63) is 66.2 Å². The lowest BCUT2D eigenvalue weighted by atomic mass is 9.95. The number of rotatable bonds is 6. The Kier molecular flexibility index (Phi) is 9.43. The van der Waals surface area contributed by atoms with Gasteiger partial charge < -0.3 is 16.0 Å². The summed E-state index contributed by atoms with van der Waals surface area (Å²) >= 11 is 0. The molecule has 0 aliphatic carbocycles. The van der Waals surface area contributed by atoms with Crippen LogP contribution in [0.2, 0.25) is 0 Å². The number of anilines is 1. The summed E-state index contributed by atoms with van der Waals surface area (Å²) in [5.41, 5.74) is 8.88. The van der Waals surface area contributed by atoms with E-state index < -0.39 is 0 Å². The van der Waals surface area contributed by atoms with Crippen LogP contribution in [0.1, 0.15) is 17.9 Å². The number of likely N-dealkylation sites (tertiary alicyclic amines) is 1.